The molecule has 2 aromatic carbocycles. The molecule has 0 unspecified atom stereocenters. The molecule has 0 amide bonds. The van der Waals surface area contributed by atoms with Crippen molar-refractivity contribution < 1.29 is 0 Å². The summed E-state index contributed by atoms with van der Waals surface area (Å²) >= 11 is 0. The van der Waals surface area contributed by atoms with Gasteiger partial charge in [-0.15, -0.1) is 14.7 Å². The molecule has 0 aliphatic rings. The molecule has 10 heteroatoms. The predicted octanol–water partition coefficient (Wildman–Crippen LogP) is 4.06. The molecule has 2 aromatic rings. The maximum Gasteiger partial charge on any atom is 0.0736 e. The Balaban J connectivity index is 0.00000544. The molecule has 0 aliphatic heterocycles. The van der Waals surface area contributed by atoms with Crippen LogP contribution in [-0.4, -0.2) is 83.3 Å². The Kier molecular flexibility index (Phi) is 13.4. The molecule has 2 rings (SSSR count). The van der Waals surface area contributed by atoms with Crippen molar-refractivity contribution in [2.75, 3.05) is 26.7 Å². The molecule has 0 spiro atoms. The molecule has 33 heavy (non-hydrogen) atoms. The van der Waals surface area contributed by atoms with Crippen LogP contribution in [0.5, 0.6) is 0 Å². The molecule has 9 nitrogen and oxygen atoms in total. The number of likely N-dealkylation sites (N-methyl/N-ethyl adjacent to an activating group) is 1. The fraction of sp³-hybridized carbons (Fsp3) is 0.478. The molecule has 0 bridgehead atoms. The number of benzene rings is 2. The van der Waals surface area contributed by atoms with Gasteiger partial charge in [-0.3, -0.25) is 15.0 Å². The van der Waals surface area contributed by atoms with E-state index in [1.54, 1.807) is 7.05 Å². The van der Waals surface area contributed by atoms with E-state index in [0.29, 0.717) is 19.4 Å². The fourth-order valence-electron chi connectivity index (χ4n) is 3.73. The molecule has 0 saturated carbocycles. The molecular weight excluding hydrogens is 431 g/mol. The summed E-state index contributed by atoms with van der Waals surface area (Å²) in [6.07, 6.45) is 1.17. The van der Waals surface area contributed by atoms with Crippen LogP contribution in [-0.2, 0) is 12.8 Å². The molecule has 0 N–H and O–H groups in total. The third-order valence-corrected chi connectivity index (χ3v) is 5.56. The quantitative estimate of drug-likeness (QED) is 0.224. The number of nitroso groups, excluding NO2 is 3. The van der Waals surface area contributed by atoms with Crippen LogP contribution in [0.2, 0.25) is 0 Å². The zero-order valence-electron chi connectivity index (χ0n) is 19.9. The average molecular weight is 464 g/mol. The van der Waals surface area contributed by atoms with Crippen LogP contribution >= 0.6 is 0 Å². The minimum atomic E-state index is -0.388. The minimum absolute atomic E-state index is 0. The number of rotatable bonds is 15. The van der Waals surface area contributed by atoms with Gasteiger partial charge in [-0.1, -0.05) is 74.5 Å². The summed E-state index contributed by atoms with van der Waals surface area (Å²) in [7, 11) is 1.56. The maximum absolute atomic E-state index is 11.9. The molecule has 1 radical (unpaired) electrons. The van der Waals surface area contributed by atoms with Gasteiger partial charge < -0.3 is 0 Å². The molecule has 0 aromatic heterocycles. The molecule has 0 saturated heterocycles. The average Bonchev–Trinajstić information content (AvgIpc) is 2.82. The van der Waals surface area contributed by atoms with Crippen molar-refractivity contribution in [1.29, 1.82) is 0 Å². The van der Waals surface area contributed by atoms with Crippen LogP contribution in [0.4, 0.5) is 0 Å². The monoisotopic (exact) mass is 463 g/mol. The van der Waals surface area contributed by atoms with Crippen molar-refractivity contribution in [2.45, 2.75) is 38.8 Å². The number of hydrogen-bond acceptors (Lipinski definition) is 6. The first-order valence-corrected chi connectivity index (χ1v) is 10.8. The normalized spacial score (nSPS) is 12.2. The maximum atomic E-state index is 11.9. The number of nitrogens with zero attached hydrogens (tertiary/aromatic N) is 6. The second kappa shape index (κ2) is 15.5. The summed E-state index contributed by atoms with van der Waals surface area (Å²) in [5, 5.41) is 13.7. The van der Waals surface area contributed by atoms with Gasteiger partial charge in [-0.2, -0.15) is 0 Å². The summed E-state index contributed by atoms with van der Waals surface area (Å²) in [4.78, 5) is 34.6. The Bertz CT molecular complexity index is 827. The Morgan fingerprint density at radius 3 is 1.79 bits per heavy atom. The van der Waals surface area contributed by atoms with Gasteiger partial charge >= 0.3 is 0 Å². The first-order chi connectivity index (χ1) is 15.5. The summed E-state index contributed by atoms with van der Waals surface area (Å²) in [6.45, 7) is 4.85. The van der Waals surface area contributed by atoms with Crippen LogP contribution in [0.25, 0.3) is 0 Å². The zero-order chi connectivity index (χ0) is 23.3. The van der Waals surface area contributed by atoms with Gasteiger partial charge in [0.2, 0.25) is 0 Å². The van der Waals surface area contributed by atoms with Crippen molar-refractivity contribution in [3.8, 4) is 0 Å². The Morgan fingerprint density at radius 1 is 0.758 bits per heavy atom. The Morgan fingerprint density at radius 2 is 1.30 bits per heavy atom. The van der Waals surface area contributed by atoms with E-state index in [2.05, 4.69) is 15.9 Å². The van der Waals surface area contributed by atoms with Crippen LogP contribution in [0.3, 0.4) is 0 Å². The van der Waals surface area contributed by atoms with E-state index in [1.807, 2.05) is 74.5 Å². The van der Waals surface area contributed by atoms with Crippen LogP contribution in [0.15, 0.2) is 76.5 Å². The second-order valence-corrected chi connectivity index (χ2v) is 8.26. The van der Waals surface area contributed by atoms with Gasteiger partial charge in [0.05, 0.1) is 41.0 Å². The Hall–Kier alpha value is -2.36. The minimum Gasteiger partial charge on any atom is -0.262 e. The third-order valence-electron chi connectivity index (χ3n) is 5.56. The zero-order valence-corrected chi connectivity index (χ0v) is 21.9. The Labute approximate surface area is 217 Å². The van der Waals surface area contributed by atoms with E-state index < -0.39 is 0 Å². The van der Waals surface area contributed by atoms with Crippen LogP contribution in [0, 0.1) is 20.6 Å². The second-order valence-electron chi connectivity index (χ2n) is 8.26. The molecular formula is C23H32N6NaO3. The van der Waals surface area contributed by atoms with E-state index in [1.165, 1.54) is 15.0 Å². The first-order valence-electron chi connectivity index (χ1n) is 10.8. The van der Waals surface area contributed by atoms with Gasteiger partial charge in [0, 0.05) is 43.1 Å². The summed E-state index contributed by atoms with van der Waals surface area (Å²) < 4.78 is 0. The van der Waals surface area contributed by atoms with E-state index in [4.69, 9.17) is 0 Å². The SMILES string of the molecule is CC(C)[C@H](CN(N=O)[C@@H](Cc1ccccc1)CN(C)N=O)N(CCc1ccccc1)N=O.[Na]. The fourth-order valence-corrected chi connectivity index (χ4v) is 3.73. The van der Waals surface area contributed by atoms with Gasteiger partial charge in [-0.05, 0) is 29.9 Å². The van der Waals surface area contributed by atoms with E-state index >= 15 is 0 Å². The number of hydrogen-bond donors (Lipinski definition) is 0. The van der Waals surface area contributed by atoms with E-state index in [0.717, 1.165) is 11.1 Å². The molecule has 2 atom stereocenters. The van der Waals surface area contributed by atoms with Crippen molar-refractivity contribution in [3.05, 3.63) is 86.5 Å². The van der Waals surface area contributed by atoms with Crippen LogP contribution in [0.1, 0.15) is 25.0 Å². The summed E-state index contributed by atoms with van der Waals surface area (Å²) in [5.74, 6) is 0.0482. The van der Waals surface area contributed by atoms with E-state index in [9.17, 15) is 14.7 Å². The van der Waals surface area contributed by atoms with Gasteiger partial charge in [0.25, 0.3) is 0 Å². The van der Waals surface area contributed by atoms with E-state index in [-0.39, 0.29) is 60.6 Å². The van der Waals surface area contributed by atoms with Crippen LogP contribution < -0.4 is 0 Å². The first kappa shape index (κ1) is 28.7. The molecule has 0 heterocycles. The van der Waals surface area contributed by atoms with Gasteiger partial charge in [0.15, 0.2) is 0 Å². The smallest absolute Gasteiger partial charge is 0.0736 e. The largest absolute Gasteiger partial charge is 0.262 e. The standard InChI is InChI=1S/C23H32N6O3.Na/c1-19(2)23(28(25-31)15-14-20-10-6-4-7-11-20)18-29(26-32)22(17-27(3)24-30)16-21-12-8-5-9-13-21;/h4-13,19,22-23H,14-18H2,1-3H3;/t22-,23-;/m0./s1. The molecule has 0 fully saturated rings. The van der Waals surface area contributed by atoms with Crippen molar-refractivity contribution in [1.82, 2.24) is 15.0 Å². The van der Waals surface area contributed by atoms with Crippen molar-refractivity contribution in [3.63, 3.8) is 0 Å². The topological polar surface area (TPSA) is 98.0 Å². The third kappa shape index (κ3) is 9.57. The predicted molar refractivity (Wildman–Crippen MR) is 132 cm³/mol. The van der Waals surface area contributed by atoms with Crippen molar-refractivity contribution in [2.24, 2.45) is 21.8 Å². The molecule has 0 aliphatic carbocycles. The summed E-state index contributed by atoms with van der Waals surface area (Å²) in [5.41, 5.74) is 2.12. The van der Waals surface area contributed by atoms with Crippen molar-refractivity contribution >= 4 is 29.6 Å². The van der Waals surface area contributed by atoms with Gasteiger partial charge in [-0.25, -0.2) is 0 Å². The summed E-state index contributed by atoms with van der Waals surface area (Å²) in [6, 6.07) is 18.8. The molecule has 173 valence electrons. The van der Waals surface area contributed by atoms with Gasteiger partial charge in [0.1, 0.15) is 0 Å².